The monoisotopic (exact) mass is 388 g/mol. The molecule has 4 unspecified atom stereocenters. The van der Waals surface area contributed by atoms with Crippen molar-refractivity contribution in [2.45, 2.75) is 74.5 Å². The Morgan fingerprint density at radius 3 is 1.96 bits per heavy atom. The van der Waals surface area contributed by atoms with E-state index >= 15 is 0 Å². The Bertz CT molecular complexity index is 575. The average molecular weight is 389 g/mol. The Labute approximate surface area is 163 Å². The number of benzene rings is 1. The summed E-state index contributed by atoms with van der Waals surface area (Å²) < 4.78 is 13.6. The predicted octanol–water partition coefficient (Wildman–Crippen LogP) is 4.80. The Morgan fingerprint density at radius 2 is 1.50 bits per heavy atom. The van der Waals surface area contributed by atoms with Crippen molar-refractivity contribution in [2.75, 3.05) is 13.2 Å². The summed E-state index contributed by atoms with van der Waals surface area (Å²) in [6, 6.07) is 11.2. The number of hydrogen-bond acceptors (Lipinski definition) is 2. The molecule has 4 heteroatoms. The first-order chi connectivity index (χ1) is 12.6. The van der Waals surface area contributed by atoms with Crippen LogP contribution in [0, 0.1) is 0 Å². The molecule has 2 heterocycles. The molecule has 0 spiro atoms. The molecule has 144 valence electrons. The highest BCUT2D eigenvalue weighted by Gasteiger charge is 2.57. The van der Waals surface area contributed by atoms with Crippen LogP contribution in [0.4, 0.5) is 0 Å². The first-order valence-electron chi connectivity index (χ1n) is 10.5. The van der Waals surface area contributed by atoms with E-state index in [2.05, 4.69) is 62.3 Å². The normalized spacial score (nSPS) is 32.2. The van der Waals surface area contributed by atoms with Crippen LogP contribution in [0.5, 0.6) is 0 Å². The fraction of sp³-hybridized carbons (Fsp3) is 0.636. The number of rotatable bonds is 6. The van der Waals surface area contributed by atoms with Gasteiger partial charge >= 0.3 is 0 Å². The number of ether oxygens (including phenoxy) is 2. The third kappa shape index (κ3) is 3.53. The molecule has 2 fully saturated rings. The summed E-state index contributed by atoms with van der Waals surface area (Å²) in [4.78, 5) is 0. The quantitative estimate of drug-likeness (QED) is 0.652. The molecule has 2 nitrogen and oxygen atoms in total. The maximum atomic E-state index is 6.80. The lowest BCUT2D eigenvalue weighted by atomic mass is 9.80. The molecular formula is C22H36O2Si2. The van der Waals surface area contributed by atoms with Crippen LogP contribution in [0.15, 0.2) is 42.6 Å². The van der Waals surface area contributed by atoms with Gasteiger partial charge in [-0.1, -0.05) is 50.0 Å². The lowest BCUT2D eigenvalue weighted by molar-refractivity contribution is -0.115. The van der Waals surface area contributed by atoms with E-state index in [1.54, 1.807) is 0 Å². The minimum absolute atomic E-state index is 0.00120. The summed E-state index contributed by atoms with van der Waals surface area (Å²) >= 11 is 0. The van der Waals surface area contributed by atoms with E-state index in [9.17, 15) is 0 Å². The van der Waals surface area contributed by atoms with E-state index in [1.165, 1.54) is 37.7 Å². The zero-order valence-corrected chi connectivity index (χ0v) is 19.2. The molecule has 2 saturated heterocycles. The molecule has 0 bridgehead atoms. The fourth-order valence-electron chi connectivity index (χ4n) is 5.36. The summed E-state index contributed by atoms with van der Waals surface area (Å²) in [7, 11) is -2.39. The zero-order valence-electron chi connectivity index (χ0n) is 16.9. The van der Waals surface area contributed by atoms with Gasteiger partial charge in [-0.25, -0.2) is 0 Å². The highest BCUT2D eigenvalue weighted by atomic mass is 28.3. The zero-order chi connectivity index (χ0) is 18.6. The van der Waals surface area contributed by atoms with Crippen molar-refractivity contribution in [3.63, 3.8) is 0 Å². The van der Waals surface area contributed by atoms with Crippen molar-refractivity contribution in [3.8, 4) is 0 Å². The van der Waals surface area contributed by atoms with Gasteiger partial charge in [0, 0.05) is 19.1 Å². The largest absolute Gasteiger partial charge is 0.378 e. The maximum absolute atomic E-state index is 6.80. The van der Waals surface area contributed by atoms with Crippen LogP contribution < -0.4 is 0 Å². The van der Waals surface area contributed by atoms with E-state index in [-0.39, 0.29) is 10.4 Å². The predicted molar refractivity (Wildman–Crippen MR) is 116 cm³/mol. The van der Waals surface area contributed by atoms with Crippen molar-refractivity contribution < 1.29 is 9.47 Å². The summed E-state index contributed by atoms with van der Waals surface area (Å²) in [5, 5.41) is -0.0584. The van der Waals surface area contributed by atoms with Gasteiger partial charge in [-0.05, 0) is 44.1 Å². The molecule has 0 aromatic heterocycles. The lowest BCUT2D eigenvalue weighted by Crippen LogP contribution is -2.64. The Balaban J connectivity index is 2.17. The van der Waals surface area contributed by atoms with Gasteiger partial charge in [0.1, 0.15) is 0 Å². The van der Waals surface area contributed by atoms with E-state index in [0.717, 1.165) is 19.6 Å². The van der Waals surface area contributed by atoms with Gasteiger partial charge < -0.3 is 9.47 Å². The van der Waals surface area contributed by atoms with Crippen LogP contribution in [-0.4, -0.2) is 41.3 Å². The smallest absolute Gasteiger partial charge is 0.0961 e. The maximum Gasteiger partial charge on any atom is 0.0961 e. The summed E-state index contributed by atoms with van der Waals surface area (Å²) in [5.74, 6) is 0.350. The van der Waals surface area contributed by atoms with Crippen LogP contribution >= 0.6 is 0 Å². The molecule has 0 aliphatic carbocycles. The molecule has 0 radical (unpaired) electrons. The van der Waals surface area contributed by atoms with Crippen LogP contribution in [0.1, 0.15) is 50.0 Å². The van der Waals surface area contributed by atoms with Crippen molar-refractivity contribution in [2.24, 2.45) is 0 Å². The molecule has 0 saturated carbocycles. The third-order valence-electron chi connectivity index (χ3n) is 6.88. The third-order valence-corrected chi connectivity index (χ3v) is 12.7. The molecule has 0 N–H and O–H groups in total. The molecule has 0 amide bonds. The summed E-state index contributed by atoms with van der Waals surface area (Å²) in [5.41, 5.74) is 3.68. The van der Waals surface area contributed by atoms with Crippen LogP contribution in [0.2, 0.25) is 19.6 Å². The van der Waals surface area contributed by atoms with Crippen molar-refractivity contribution in [1.82, 2.24) is 0 Å². The van der Waals surface area contributed by atoms with Gasteiger partial charge in [0.25, 0.3) is 0 Å². The van der Waals surface area contributed by atoms with Gasteiger partial charge in [0.2, 0.25) is 0 Å². The van der Waals surface area contributed by atoms with E-state index in [0.29, 0.717) is 5.92 Å². The highest BCUT2D eigenvalue weighted by Crippen LogP contribution is 2.51. The molecule has 26 heavy (non-hydrogen) atoms. The Hall–Kier alpha value is -0.686. The van der Waals surface area contributed by atoms with Crippen molar-refractivity contribution in [1.29, 1.82) is 0 Å². The van der Waals surface area contributed by atoms with E-state index in [4.69, 9.17) is 9.47 Å². The van der Waals surface area contributed by atoms with Gasteiger partial charge in [-0.2, -0.15) is 0 Å². The highest BCUT2D eigenvalue weighted by molar-refractivity contribution is 6.67. The minimum atomic E-state index is -1.30. The standard InChI is InChI=1S/C22H36O2Si2/c1-5-26(4)22(16-10-12-18-24-22)20(19-13-7-6-8-14-19)21(25(2)3)15-9-11-17-23-21/h5-8,13-14,20,25-26H,1,9-12,15-18H2,2-4H3. The first kappa shape index (κ1) is 20.1. The molecular weight excluding hydrogens is 352 g/mol. The summed E-state index contributed by atoms with van der Waals surface area (Å²) in [6.07, 6.45) is 7.30. The van der Waals surface area contributed by atoms with E-state index < -0.39 is 17.6 Å². The second kappa shape index (κ2) is 8.55. The molecule has 3 rings (SSSR count). The van der Waals surface area contributed by atoms with Crippen LogP contribution in [0.25, 0.3) is 0 Å². The summed E-state index contributed by atoms with van der Waals surface area (Å²) in [6.45, 7) is 13.4. The fourth-order valence-corrected chi connectivity index (χ4v) is 10.4. The second-order valence-corrected chi connectivity index (χ2v) is 14.9. The van der Waals surface area contributed by atoms with Crippen molar-refractivity contribution in [3.05, 3.63) is 48.2 Å². The van der Waals surface area contributed by atoms with Crippen LogP contribution in [-0.2, 0) is 9.47 Å². The SMILES string of the molecule is C=C[SiH](C)C1(C(c2ccccc2)C2([SiH](C)C)CCCCO2)CCCCO1. The van der Waals surface area contributed by atoms with E-state index in [1.807, 2.05) is 0 Å². The van der Waals surface area contributed by atoms with Gasteiger partial charge in [-0.15, -0.1) is 12.3 Å². The lowest BCUT2D eigenvalue weighted by Gasteiger charge is -2.56. The topological polar surface area (TPSA) is 18.5 Å². The minimum Gasteiger partial charge on any atom is -0.378 e. The molecule has 1 aromatic carbocycles. The first-order valence-corrected chi connectivity index (χ1v) is 15.8. The van der Waals surface area contributed by atoms with Crippen LogP contribution in [0.3, 0.4) is 0 Å². The molecule has 2 aliphatic heterocycles. The average Bonchev–Trinajstić information content (AvgIpc) is 2.69. The molecule has 4 atom stereocenters. The Morgan fingerprint density at radius 1 is 0.923 bits per heavy atom. The second-order valence-electron chi connectivity index (χ2n) is 8.54. The van der Waals surface area contributed by atoms with Gasteiger partial charge in [0.05, 0.1) is 28.0 Å². The van der Waals surface area contributed by atoms with Gasteiger partial charge in [0.15, 0.2) is 0 Å². The number of hydrogen-bond donors (Lipinski definition) is 0. The molecule has 1 aromatic rings. The van der Waals surface area contributed by atoms with Gasteiger partial charge in [-0.3, -0.25) is 0 Å². The molecule has 2 aliphatic rings. The van der Waals surface area contributed by atoms with Crippen molar-refractivity contribution >= 4 is 17.6 Å². The Kier molecular flexibility index (Phi) is 6.60.